The third-order valence-corrected chi connectivity index (χ3v) is 7.03. The Kier molecular flexibility index (Phi) is 8.20. The van der Waals surface area contributed by atoms with E-state index in [1.165, 1.54) is 0 Å². The average molecular weight is 520 g/mol. The van der Waals surface area contributed by atoms with E-state index in [9.17, 15) is 14.4 Å². The number of carbonyl (C=O) groups excluding carboxylic acids is 3. The number of Topliss-reactive ketones (excluding diaryl/α,β-unsaturated/α-hetero) is 1. The first-order valence-corrected chi connectivity index (χ1v) is 12.7. The molecule has 0 radical (unpaired) electrons. The van der Waals surface area contributed by atoms with Crippen molar-refractivity contribution < 1.29 is 33.3 Å². The number of allylic oxidation sites excluding steroid dienone is 3. The van der Waals surface area contributed by atoms with Gasteiger partial charge in [0.15, 0.2) is 5.78 Å². The van der Waals surface area contributed by atoms with Gasteiger partial charge in [0, 0.05) is 28.8 Å². The van der Waals surface area contributed by atoms with Gasteiger partial charge in [-0.3, -0.25) is 9.59 Å². The second kappa shape index (κ2) is 11.5. The monoisotopic (exact) mass is 519 g/mol. The normalized spacial score (nSPS) is 20.9. The Hall–Kier alpha value is -4.07. The Morgan fingerprint density at radius 1 is 0.921 bits per heavy atom. The number of carbonyl (C=O) groups is 3. The molecule has 0 saturated heterocycles. The predicted molar refractivity (Wildman–Crippen MR) is 141 cm³/mol. The van der Waals surface area contributed by atoms with E-state index in [-0.39, 0.29) is 19.0 Å². The van der Waals surface area contributed by atoms with Crippen LogP contribution in [0.1, 0.15) is 50.2 Å². The van der Waals surface area contributed by atoms with E-state index >= 15 is 0 Å². The maximum atomic E-state index is 14.3. The quantitative estimate of drug-likeness (QED) is 0.404. The molecule has 200 valence electrons. The molecule has 38 heavy (non-hydrogen) atoms. The van der Waals surface area contributed by atoms with Gasteiger partial charge in [-0.1, -0.05) is 24.3 Å². The van der Waals surface area contributed by atoms with Crippen molar-refractivity contribution in [3.05, 3.63) is 82.2 Å². The third-order valence-electron chi connectivity index (χ3n) is 7.03. The van der Waals surface area contributed by atoms with Gasteiger partial charge in [-0.15, -0.1) is 0 Å². The van der Waals surface area contributed by atoms with Crippen LogP contribution < -0.4 is 14.8 Å². The van der Waals surface area contributed by atoms with Gasteiger partial charge in [0.2, 0.25) is 0 Å². The summed E-state index contributed by atoms with van der Waals surface area (Å²) < 4.78 is 21.5. The van der Waals surface area contributed by atoms with E-state index in [0.29, 0.717) is 46.0 Å². The molecule has 1 aliphatic carbocycles. The minimum Gasteiger partial charge on any atom is -0.497 e. The number of esters is 2. The summed E-state index contributed by atoms with van der Waals surface area (Å²) in [6.45, 7) is 5.58. The van der Waals surface area contributed by atoms with Crippen molar-refractivity contribution in [1.29, 1.82) is 0 Å². The highest BCUT2D eigenvalue weighted by molar-refractivity contribution is 6.13. The number of nitrogens with one attached hydrogen (secondary N) is 1. The average Bonchev–Trinajstić information content (AvgIpc) is 2.92. The summed E-state index contributed by atoms with van der Waals surface area (Å²) in [7, 11) is 3.14. The zero-order chi connectivity index (χ0) is 27.4. The summed E-state index contributed by atoms with van der Waals surface area (Å²) in [4.78, 5) is 40.8. The molecular weight excluding hydrogens is 486 g/mol. The Balaban J connectivity index is 1.89. The van der Waals surface area contributed by atoms with E-state index in [0.717, 1.165) is 5.56 Å². The lowest BCUT2D eigenvalue weighted by Gasteiger charge is -2.39. The van der Waals surface area contributed by atoms with Crippen molar-refractivity contribution in [2.75, 3.05) is 27.4 Å². The molecule has 8 nitrogen and oxygen atoms in total. The fourth-order valence-electron chi connectivity index (χ4n) is 5.34. The van der Waals surface area contributed by atoms with Crippen molar-refractivity contribution in [2.24, 2.45) is 5.92 Å². The van der Waals surface area contributed by atoms with E-state index in [4.69, 9.17) is 18.9 Å². The van der Waals surface area contributed by atoms with Crippen LogP contribution in [-0.4, -0.2) is 45.2 Å². The Bertz CT molecular complexity index is 1290. The number of benzene rings is 2. The number of hydrogen-bond donors (Lipinski definition) is 1. The zero-order valence-corrected chi connectivity index (χ0v) is 22.3. The van der Waals surface area contributed by atoms with Crippen LogP contribution in [0.15, 0.2) is 71.1 Å². The topological polar surface area (TPSA) is 100 Å². The van der Waals surface area contributed by atoms with Crippen LogP contribution in [-0.2, 0) is 23.9 Å². The molecule has 4 rings (SSSR count). The predicted octanol–water partition coefficient (Wildman–Crippen LogP) is 4.42. The molecule has 1 heterocycles. The van der Waals surface area contributed by atoms with Crippen LogP contribution in [0.25, 0.3) is 0 Å². The molecule has 0 unspecified atom stereocenters. The molecule has 0 fully saturated rings. The molecule has 2 aliphatic rings. The lowest BCUT2D eigenvalue weighted by atomic mass is 9.67. The molecular formula is C30H33NO7. The lowest BCUT2D eigenvalue weighted by molar-refractivity contribution is -0.152. The van der Waals surface area contributed by atoms with E-state index in [1.54, 1.807) is 47.1 Å². The van der Waals surface area contributed by atoms with Crippen LogP contribution in [0.2, 0.25) is 0 Å². The van der Waals surface area contributed by atoms with Gasteiger partial charge in [-0.05, 0) is 62.6 Å². The Morgan fingerprint density at radius 3 is 2.24 bits per heavy atom. The first-order chi connectivity index (χ1) is 18.3. The number of ether oxygens (including phenoxy) is 4. The summed E-state index contributed by atoms with van der Waals surface area (Å²) >= 11 is 0. The van der Waals surface area contributed by atoms with Gasteiger partial charge < -0.3 is 24.3 Å². The fourth-order valence-corrected chi connectivity index (χ4v) is 5.34. The van der Waals surface area contributed by atoms with E-state index in [1.807, 2.05) is 36.4 Å². The van der Waals surface area contributed by atoms with Crippen molar-refractivity contribution >= 4 is 17.7 Å². The van der Waals surface area contributed by atoms with Crippen LogP contribution in [0.3, 0.4) is 0 Å². The first-order valence-electron chi connectivity index (χ1n) is 12.7. The van der Waals surface area contributed by atoms with Gasteiger partial charge in [-0.25, -0.2) is 4.79 Å². The lowest BCUT2D eigenvalue weighted by Crippen LogP contribution is -2.43. The molecule has 3 atom stereocenters. The number of hydrogen-bond acceptors (Lipinski definition) is 8. The molecule has 0 saturated carbocycles. The molecule has 0 spiro atoms. The minimum atomic E-state index is -1.07. The highest BCUT2D eigenvalue weighted by atomic mass is 16.5. The highest BCUT2D eigenvalue weighted by Crippen LogP contribution is 2.48. The summed E-state index contributed by atoms with van der Waals surface area (Å²) in [5.41, 5.74) is 3.49. The second-order valence-electron chi connectivity index (χ2n) is 9.16. The van der Waals surface area contributed by atoms with Crippen LogP contribution in [0, 0.1) is 5.92 Å². The molecule has 0 bridgehead atoms. The van der Waals surface area contributed by atoms with E-state index in [2.05, 4.69) is 5.32 Å². The summed E-state index contributed by atoms with van der Waals surface area (Å²) in [5.74, 6) is -2.48. The second-order valence-corrected chi connectivity index (χ2v) is 9.16. The molecule has 8 heteroatoms. The largest absolute Gasteiger partial charge is 0.497 e. The molecule has 2 aromatic rings. The van der Waals surface area contributed by atoms with Gasteiger partial charge in [0.1, 0.15) is 17.4 Å². The zero-order valence-electron chi connectivity index (χ0n) is 22.3. The van der Waals surface area contributed by atoms with Crippen molar-refractivity contribution in [2.45, 2.75) is 39.0 Å². The Morgan fingerprint density at radius 2 is 1.61 bits per heavy atom. The maximum Gasteiger partial charge on any atom is 0.336 e. The standard InChI is InChI=1S/C30H33NO7/c1-6-37-29(33)24-17(3)31-23-16-22(18-11-13-20(35-4)14-12-18)26(30(34)38-7-2)28(32)27(23)25(24)19-9-8-10-21(15-19)36-5/h8-15,22,25-26,31H,6-7,16H2,1-5H3/t22-,25-,26+/m0/s1. The fraction of sp³-hybridized carbons (Fsp3) is 0.367. The number of ketones is 1. The van der Waals surface area contributed by atoms with Gasteiger partial charge in [0.05, 0.1) is 33.0 Å². The van der Waals surface area contributed by atoms with Gasteiger partial charge >= 0.3 is 11.9 Å². The van der Waals surface area contributed by atoms with E-state index < -0.39 is 29.7 Å². The molecule has 0 aromatic heterocycles. The van der Waals surface area contributed by atoms with Crippen LogP contribution in [0.4, 0.5) is 0 Å². The van der Waals surface area contributed by atoms with Crippen molar-refractivity contribution in [3.63, 3.8) is 0 Å². The highest BCUT2D eigenvalue weighted by Gasteiger charge is 2.49. The van der Waals surface area contributed by atoms with Gasteiger partial charge in [-0.2, -0.15) is 0 Å². The van der Waals surface area contributed by atoms with Crippen LogP contribution in [0.5, 0.6) is 11.5 Å². The molecule has 1 aliphatic heterocycles. The van der Waals surface area contributed by atoms with Crippen LogP contribution >= 0.6 is 0 Å². The summed E-state index contributed by atoms with van der Waals surface area (Å²) in [5, 5.41) is 3.31. The summed E-state index contributed by atoms with van der Waals surface area (Å²) in [6.07, 6.45) is 0.380. The first kappa shape index (κ1) is 27.0. The Labute approximate surface area is 222 Å². The smallest absolute Gasteiger partial charge is 0.336 e. The van der Waals surface area contributed by atoms with Gasteiger partial charge in [0.25, 0.3) is 0 Å². The SMILES string of the molecule is CCOC(=O)C1=C(C)NC2=C(C(=O)[C@H](C(=O)OCC)[C@H](c3ccc(OC)cc3)C2)[C@H]1c1cccc(OC)c1. The number of dihydropyridines is 1. The number of methoxy groups -OCH3 is 2. The minimum absolute atomic E-state index is 0.147. The van der Waals surface area contributed by atoms with Crippen molar-refractivity contribution in [1.82, 2.24) is 5.32 Å². The van der Waals surface area contributed by atoms with Crippen molar-refractivity contribution in [3.8, 4) is 11.5 Å². The molecule has 2 aromatic carbocycles. The maximum absolute atomic E-state index is 14.3. The summed E-state index contributed by atoms with van der Waals surface area (Å²) in [6, 6.07) is 14.6. The molecule has 1 N–H and O–H groups in total. The number of rotatable bonds is 8. The third kappa shape index (κ3) is 5.03. The molecule has 0 amide bonds.